The highest BCUT2D eigenvalue weighted by molar-refractivity contribution is 5.38. The van der Waals surface area contributed by atoms with Gasteiger partial charge in [-0.15, -0.1) is 0 Å². The van der Waals surface area contributed by atoms with E-state index in [0.29, 0.717) is 0 Å². The molecular weight excluding hydrogens is 168 g/mol. The van der Waals surface area contributed by atoms with E-state index in [4.69, 9.17) is 0 Å². The van der Waals surface area contributed by atoms with E-state index in [1.807, 2.05) is 0 Å². The number of benzene rings is 1. The summed E-state index contributed by atoms with van der Waals surface area (Å²) in [5.41, 5.74) is 6.01. The molecule has 1 fully saturated rings. The van der Waals surface area contributed by atoms with E-state index in [1.54, 1.807) is 5.56 Å². The molecule has 1 aliphatic carbocycles. The van der Waals surface area contributed by atoms with Crippen LogP contribution in [0, 0.1) is 20.8 Å². The van der Waals surface area contributed by atoms with E-state index in [0.717, 1.165) is 5.92 Å². The lowest BCUT2D eigenvalue weighted by molar-refractivity contribution is 0.716. The topological polar surface area (TPSA) is 0 Å². The van der Waals surface area contributed by atoms with Gasteiger partial charge in [0.05, 0.1) is 0 Å². The van der Waals surface area contributed by atoms with Crippen molar-refractivity contribution in [2.45, 2.75) is 52.4 Å². The Morgan fingerprint density at radius 3 is 2.07 bits per heavy atom. The minimum absolute atomic E-state index is 0.856. The fraction of sp³-hybridized carbons (Fsp3) is 0.571. The highest BCUT2D eigenvalue weighted by Crippen LogP contribution is 2.36. The molecule has 0 heterocycles. The molecule has 0 amide bonds. The Morgan fingerprint density at radius 1 is 0.857 bits per heavy atom. The van der Waals surface area contributed by atoms with Crippen molar-refractivity contribution in [3.05, 3.63) is 34.4 Å². The normalized spacial score (nSPS) is 17.6. The van der Waals surface area contributed by atoms with E-state index < -0.39 is 0 Å². The fourth-order valence-electron chi connectivity index (χ4n) is 2.66. The van der Waals surface area contributed by atoms with Crippen molar-refractivity contribution < 1.29 is 0 Å². The van der Waals surface area contributed by atoms with Crippen molar-refractivity contribution in [3.63, 3.8) is 0 Å². The summed E-state index contributed by atoms with van der Waals surface area (Å²) in [5, 5.41) is 0. The van der Waals surface area contributed by atoms with Gasteiger partial charge < -0.3 is 0 Å². The molecule has 1 aromatic carbocycles. The summed E-state index contributed by atoms with van der Waals surface area (Å²) in [7, 11) is 0. The molecule has 0 nitrogen and oxygen atoms in total. The van der Waals surface area contributed by atoms with Crippen LogP contribution in [0.1, 0.15) is 53.9 Å². The first kappa shape index (κ1) is 9.76. The van der Waals surface area contributed by atoms with Crippen LogP contribution < -0.4 is 0 Å². The highest BCUT2D eigenvalue weighted by atomic mass is 14.2. The average Bonchev–Trinajstić information content (AvgIpc) is 2.64. The first-order valence-electron chi connectivity index (χ1n) is 5.76. The van der Waals surface area contributed by atoms with Crippen LogP contribution in [0.5, 0.6) is 0 Å². The summed E-state index contributed by atoms with van der Waals surface area (Å²) < 4.78 is 0. The fourth-order valence-corrected chi connectivity index (χ4v) is 2.66. The lowest BCUT2D eigenvalue weighted by Gasteiger charge is -2.15. The first-order valence-corrected chi connectivity index (χ1v) is 5.76. The number of hydrogen-bond donors (Lipinski definition) is 0. The van der Waals surface area contributed by atoms with Crippen molar-refractivity contribution in [2.24, 2.45) is 0 Å². The second kappa shape index (κ2) is 3.76. The van der Waals surface area contributed by atoms with Gasteiger partial charge in [0.15, 0.2) is 0 Å². The highest BCUT2D eigenvalue weighted by Gasteiger charge is 2.18. The molecule has 0 spiro atoms. The Kier molecular flexibility index (Phi) is 2.62. The monoisotopic (exact) mass is 188 g/mol. The predicted molar refractivity (Wildman–Crippen MR) is 61.9 cm³/mol. The molecule has 1 aromatic rings. The molecular formula is C14H20. The summed E-state index contributed by atoms with van der Waals surface area (Å²) in [6.07, 6.45) is 5.67. The van der Waals surface area contributed by atoms with Gasteiger partial charge in [0.1, 0.15) is 0 Å². The van der Waals surface area contributed by atoms with Crippen LogP contribution in [-0.2, 0) is 0 Å². The van der Waals surface area contributed by atoms with Crippen molar-refractivity contribution in [3.8, 4) is 0 Å². The van der Waals surface area contributed by atoms with Gasteiger partial charge in [-0.2, -0.15) is 0 Å². The summed E-state index contributed by atoms with van der Waals surface area (Å²) in [4.78, 5) is 0. The molecule has 1 aliphatic rings. The molecule has 0 aliphatic heterocycles. The van der Waals surface area contributed by atoms with Crippen LogP contribution in [0.25, 0.3) is 0 Å². The number of hydrogen-bond acceptors (Lipinski definition) is 0. The van der Waals surface area contributed by atoms with E-state index in [2.05, 4.69) is 32.9 Å². The third-order valence-electron chi connectivity index (χ3n) is 3.68. The van der Waals surface area contributed by atoms with Crippen LogP contribution in [0.2, 0.25) is 0 Å². The molecule has 0 N–H and O–H groups in total. The second-order valence-electron chi connectivity index (χ2n) is 4.77. The van der Waals surface area contributed by atoms with Crippen LogP contribution in [-0.4, -0.2) is 0 Å². The Labute approximate surface area is 87.3 Å². The molecule has 0 radical (unpaired) electrons. The SMILES string of the molecule is Cc1cc(C)c(C2CCCC2)cc1C. The van der Waals surface area contributed by atoms with Gasteiger partial charge in [0.2, 0.25) is 0 Å². The molecule has 0 unspecified atom stereocenters. The summed E-state index contributed by atoms with van der Waals surface area (Å²) in [6.45, 7) is 6.70. The third kappa shape index (κ3) is 1.70. The minimum atomic E-state index is 0.856. The Morgan fingerprint density at radius 2 is 1.43 bits per heavy atom. The predicted octanol–water partition coefficient (Wildman–Crippen LogP) is 4.27. The number of rotatable bonds is 1. The summed E-state index contributed by atoms with van der Waals surface area (Å²) in [6, 6.07) is 4.77. The molecule has 2 rings (SSSR count). The Balaban J connectivity index is 2.37. The zero-order valence-electron chi connectivity index (χ0n) is 9.56. The largest absolute Gasteiger partial charge is 0.0558 e. The van der Waals surface area contributed by atoms with Crippen LogP contribution in [0.4, 0.5) is 0 Å². The van der Waals surface area contributed by atoms with Crippen LogP contribution in [0.15, 0.2) is 12.1 Å². The van der Waals surface area contributed by atoms with Gasteiger partial charge in [-0.05, 0) is 61.8 Å². The lowest BCUT2D eigenvalue weighted by atomic mass is 9.90. The first-order chi connectivity index (χ1) is 6.68. The molecule has 0 saturated heterocycles. The minimum Gasteiger partial charge on any atom is -0.0558 e. The molecule has 1 saturated carbocycles. The van der Waals surface area contributed by atoms with Gasteiger partial charge in [0.25, 0.3) is 0 Å². The standard InChI is InChI=1S/C14H20/c1-10-8-12(3)14(9-11(10)2)13-6-4-5-7-13/h8-9,13H,4-7H2,1-3H3. The van der Waals surface area contributed by atoms with E-state index in [1.165, 1.54) is 42.4 Å². The van der Waals surface area contributed by atoms with Gasteiger partial charge in [0, 0.05) is 0 Å². The maximum atomic E-state index is 2.42. The van der Waals surface area contributed by atoms with E-state index in [-0.39, 0.29) is 0 Å². The summed E-state index contributed by atoms with van der Waals surface area (Å²) >= 11 is 0. The zero-order valence-corrected chi connectivity index (χ0v) is 9.56. The molecule has 0 heteroatoms. The van der Waals surface area contributed by atoms with Crippen LogP contribution in [0.3, 0.4) is 0 Å². The van der Waals surface area contributed by atoms with Gasteiger partial charge >= 0.3 is 0 Å². The summed E-state index contributed by atoms with van der Waals surface area (Å²) in [5.74, 6) is 0.856. The zero-order chi connectivity index (χ0) is 10.1. The second-order valence-corrected chi connectivity index (χ2v) is 4.77. The maximum absolute atomic E-state index is 2.42. The molecule has 0 atom stereocenters. The maximum Gasteiger partial charge on any atom is -0.0159 e. The Hall–Kier alpha value is -0.780. The number of aryl methyl sites for hydroxylation is 3. The molecule has 0 aromatic heterocycles. The lowest BCUT2D eigenvalue weighted by Crippen LogP contribution is -1.98. The average molecular weight is 188 g/mol. The molecule has 76 valence electrons. The smallest absolute Gasteiger partial charge is 0.0159 e. The van der Waals surface area contributed by atoms with Crippen LogP contribution >= 0.6 is 0 Å². The van der Waals surface area contributed by atoms with Crippen molar-refractivity contribution in [1.29, 1.82) is 0 Å². The quantitative estimate of drug-likeness (QED) is 0.617. The van der Waals surface area contributed by atoms with Crippen molar-refractivity contribution >= 4 is 0 Å². The van der Waals surface area contributed by atoms with Crippen molar-refractivity contribution in [2.75, 3.05) is 0 Å². The van der Waals surface area contributed by atoms with Crippen molar-refractivity contribution in [1.82, 2.24) is 0 Å². The Bertz CT molecular complexity index is 330. The third-order valence-corrected chi connectivity index (χ3v) is 3.68. The van der Waals surface area contributed by atoms with E-state index in [9.17, 15) is 0 Å². The molecule has 14 heavy (non-hydrogen) atoms. The van der Waals surface area contributed by atoms with Gasteiger partial charge in [-0.3, -0.25) is 0 Å². The molecule has 0 bridgehead atoms. The van der Waals surface area contributed by atoms with Gasteiger partial charge in [-0.1, -0.05) is 25.0 Å². The van der Waals surface area contributed by atoms with Gasteiger partial charge in [-0.25, -0.2) is 0 Å². The van der Waals surface area contributed by atoms with E-state index >= 15 is 0 Å².